The topological polar surface area (TPSA) is 29.4 Å². The molecule has 0 atom stereocenters. The highest BCUT2D eigenvalue weighted by molar-refractivity contribution is 6.08. The van der Waals surface area contributed by atoms with E-state index in [2.05, 4.69) is 31.0 Å². The quantitative estimate of drug-likeness (QED) is 0.585. The number of carbonyl (C=O) groups is 1. The maximum absolute atomic E-state index is 10.4. The predicted octanol–water partition coefficient (Wildman–Crippen LogP) is 4.14. The minimum atomic E-state index is -0.0561. The maximum Gasteiger partial charge on any atom is 0.124 e. The van der Waals surface area contributed by atoms with Gasteiger partial charge in [-0.1, -0.05) is 49.8 Å². The van der Waals surface area contributed by atoms with Gasteiger partial charge in [0.25, 0.3) is 0 Å². The zero-order valence-electron chi connectivity index (χ0n) is 11.7. The van der Waals surface area contributed by atoms with Gasteiger partial charge in [-0.05, 0) is 24.6 Å². The molecule has 0 saturated carbocycles. The molecule has 0 N–H and O–H groups in total. The fourth-order valence-corrected chi connectivity index (χ4v) is 2.26. The smallest absolute Gasteiger partial charge is 0.124 e. The normalized spacial score (nSPS) is 17.4. The summed E-state index contributed by atoms with van der Waals surface area (Å²) in [7, 11) is 0. The highest BCUT2D eigenvalue weighted by atomic mass is 16.1. The molecule has 0 fully saturated rings. The van der Waals surface area contributed by atoms with Crippen LogP contribution < -0.4 is 0 Å². The summed E-state index contributed by atoms with van der Waals surface area (Å²) >= 11 is 0. The lowest BCUT2D eigenvalue weighted by Gasteiger charge is -2.19. The van der Waals surface area contributed by atoms with Gasteiger partial charge >= 0.3 is 0 Å². The second-order valence-corrected chi connectivity index (χ2v) is 5.38. The molecule has 0 spiro atoms. The number of aliphatic imine (C=N–C) groups is 1. The zero-order chi connectivity index (χ0) is 13.9. The van der Waals surface area contributed by atoms with Crippen molar-refractivity contribution in [3.63, 3.8) is 0 Å². The molecule has 1 aliphatic heterocycles. The number of nitrogens with zero attached hydrogens (tertiary/aromatic N) is 1. The first kappa shape index (κ1) is 13.5. The minimum Gasteiger partial charge on any atom is -0.303 e. The molecule has 0 amide bonds. The van der Waals surface area contributed by atoms with Gasteiger partial charge in [0, 0.05) is 11.8 Å². The Morgan fingerprint density at radius 2 is 2.05 bits per heavy atom. The number of benzene rings is 1. The summed E-state index contributed by atoms with van der Waals surface area (Å²) < 4.78 is 0. The molecule has 0 aromatic heterocycles. The van der Waals surface area contributed by atoms with Crippen molar-refractivity contribution in [2.75, 3.05) is 0 Å². The van der Waals surface area contributed by atoms with Crippen molar-refractivity contribution in [1.82, 2.24) is 0 Å². The molecule has 2 nitrogen and oxygen atoms in total. The van der Waals surface area contributed by atoms with E-state index in [1.165, 1.54) is 5.56 Å². The average Bonchev–Trinajstić information content (AvgIpc) is 2.62. The van der Waals surface area contributed by atoms with Crippen molar-refractivity contribution in [2.24, 2.45) is 4.99 Å². The fourth-order valence-electron chi connectivity index (χ4n) is 2.26. The van der Waals surface area contributed by atoms with Gasteiger partial charge in [-0.2, -0.15) is 0 Å². The largest absolute Gasteiger partial charge is 0.303 e. The first-order valence-electron chi connectivity index (χ1n) is 6.52. The van der Waals surface area contributed by atoms with E-state index in [1.54, 1.807) is 0 Å². The zero-order valence-corrected chi connectivity index (χ0v) is 11.7. The SMILES string of the molecule is C/C(=C\C=C\C1=Nc2ccccc2C1(C)C)CC=O. The molecule has 0 aliphatic carbocycles. The average molecular weight is 253 g/mol. The first-order chi connectivity index (χ1) is 9.05. The van der Waals surface area contributed by atoms with Gasteiger partial charge in [0.1, 0.15) is 6.29 Å². The molecule has 2 rings (SSSR count). The summed E-state index contributed by atoms with van der Waals surface area (Å²) in [5.41, 5.74) is 4.38. The molecule has 2 heteroatoms. The van der Waals surface area contributed by atoms with E-state index in [1.807, 2.05) is 37.3 Å². The van der Waals surface area contributed by atoms with Crippen molar-refractivity contribution in [3.8, 4) is 0 Å². The molecule has 0 radical (unpaired) electrons. The van der Waals surface area contributed by atoms with Crippen LogP contribution in [0.5, 0.6) is 0 Å². The van der Waals surface area contributed by atoms with E-state index in [0.29, 0.717) is 6.42 Å². The van der Waals surface area contributed by atoms with Crippen LogP contribution in [0.25, 0.3) is 0 Å². The molecule has 19 heavy (non-hydrogen) atoms. The summed E-state index contributed by atoms with van der Waals surface area (Å²) in [5, 5.41) is 0. The van der Waals surface area contributed by atoms with E-state index in [4.69, 9.17) is 0 Å². The van der Waals surface area contributed by atoms with Gasteiger partial charge < -0.3 is 4.79 Å². The minimum absolute atomic E-state index is 0.0561. The number of para-hydroxylation sites is 1. The summed E-state index contributed by atoms with van der Waals surface area (Å²) in [6.07, 6.45) is 7.39. The Labute approximate surface area is 114 Å². The van der Waals surface area contributed by atoms with Crippen molar-refractivity contribution in [3.05, 3.63) is 53.6 Å². The maximum atomic E-state index is 10.4. The van der Waals surface area contributed by atoms with Crippen LogP contribution in [0.3, 0.4) is 0 Å². The number of hydrogen-bond donors (Lipinski definition) is 0. The van der Waals surface area contributed by atoms with Gasteiger partial charge in [0.2, 0.25) is 0 Å². The number of hydrogen-bond acceptors (Lipinski definition) is 2. The van der Waals surface area contributed by atoms with E-state index in [-0.39, 0.29) is 5.41 Å². The molecule has 1 aliphatic rings. The molecular formula is C17H19NO. The van der Waals surface area contributed by atoms with Crippen molar-refractivity contribution in [1.29, 1.82) is 0 Å². The first-order valence-corrected chi connectivity index (χ1v) is 6.52. The molecule has 0 bridgehead atoms. The van der Waals surface area contributed by atoms with Gasteiger partial charge in [-0.25, -0.2) is 0 Å². The Morgan fingerprint density at radius 3 is 2.74 bits per heavy atom. The number of fused-ring (bicyclic) bond motifs is 1. The van der Waals surface area contributed by atoms with Crippen LogP contribution in [0.15, 0.2) is 53.1 Å². The van der Waals surface area contributed by atoms with Gasteiger partial charge in [0.15, 0.2) is 0 Å². The summed E-state index contributed by atoms with van der Waals surface area (Å²) in [4.78, 5) is 15.1. The Kier molecular flexibility index (Phi) is 3.79. The van der Waals surface area contributed by atoms with Crippen LogP contribution in [0.4, 0.5) is 5.69 Å². The van der Waals surface area contributed by atoms with Crippen molar-refractivity contribution in [2.45, 2.75) is 32.6 Å². The number of rotatable bonds is 4. The molecule has 0 unspecified atom stereocenters. The van der Waals surface area contributed by atoms with Crippen LogP contribution in [0.2, 0.25) is 0 Å². The Balaban J connectivity index is 2.22. The van der Waals surface area contributed by atoms with Gasteiger partial charge in [0.05, 0.1) is 11.4 Å². The summed E-state index contributed by atoms with van der Waals surface area (Å²) in [6.45, 7) is 6.32. The van der Waals surface area contributed by atoms with Crippen LogP contribution in [-0.2, 0) is 10.2 Å². The monoisotopic (exact) mass is 253 g/mol. The third kappa shape index (κ3) is 2.73. The predicted molar refractivity (Wildman–Crippen MR) is 80.1 cm³/mol. The summed E-state index contributed by atoms with van der Waals surface area (Å²) in [5.74, 6) is 0. The van der Waals surface area contributed by atoms with E-state index < -0.39 is 0 Å². The van der Waals surface area contributed by atoms with E-state index >= 15 is 0 Å². The molecule has 98 valence electrons. The lowest BCUT2D eigenvalue weighted by Crippen LogP contribution is -2.23. The lowest BCUT2D eigenvalue weighted by molar-refractivity contribution is -0.107. The molecule has 0 saturated heterocycles. The number of carbonyl (C=O) groups excluding carboxylic acids is 1. The Hall–Kier alpha value is -1.96. The van der Waals surface area contributed by atoms with Crippen LogP contribution in [-0.4, -0.2) is 12.0 Å². The molecule has 1 aromatic carbocycles. The highest BCUT2D eigenvalue weighted by Gasteiger charge is 2.32. The third-order valence-corrected chi connectivity index (χ3v) is 3.50. The standard InChI is InChI=1S/C17H19NO/c1-13(11-12-19)7-6-10-16-17(2,3)14-8-4-5-9-15(14)18-16/h4-10,12H,11H2,1-3H3/b10-6+,13-7+. The highest BCUT2D eigenvalue weighted by Crippen LogP contribution is 2.39. The summed E-state index contributed by atoms with van der Waals surface area (Å²) in [6, 6.07) is 8.24. The number of aldehydes is 1. The Morgan fingerprint density at radius 1 is 1.32 bits per heavy atom. The van der Waals surface area contributed by atoms with Crippen molar-refractivity contribution >= 4 is 17.7 Å². The van der Waals surface area contributed by atoms with Crippen LogP contribution in [0.1, 0.15) is 32.8 Å². The van der Waals surface area contributed by atoms with E-state index in [9.17, 15) is 4.79 Å². The Bertz CT molecular complexity index is 577. The van der Waals surface area contributed by atoms with Gasteiger partial charge in [-0.3, -0.25) is 4.99 Å². The van der Waals surface area contributed by atoms with E-state index in [0.717, 1.165) is 23.3 Å². The molecular weight excluding hydrogens is 234 g/mol. The second kappa shape index (κ2) is 5.35. The fraction of sp³-hybridized carbons (Fsp3) is 0.294. The van der Waals surface area contributed by atoms with Crippen molar-refractivity contribution < 1.29 is 4.79 Å². The lowest BCUT2D eigenvalue weighted by atomic mass is 9.81. The second-order valence-electron chi connectivity index (χ2n) is 5.38. The third-order valence-electron chi connectivity index (χ3n) is 3.50. The molecule has 1 heterocycles. The van der Waals surface area contributed by atoms with Gasteiger partial charge in [-0.15, -0.1) is 0 Å². The van der Waals surface area contributed by atoms with Crippen LogP contribution in [0, 0.1) is 0 Å². The van der Waals surface area contributed by atoms with Crippen LogP contribution >= 0.6 is 0 Å². The number of allylic oxidation sites excluding steroid dienone is 4. The molecule has 1 aromatic rings.